The van der Waals surface area contributed by atoms with Crippen LogP contribution in [-0.4, -0.2) is 65.2 Å². The Balaban J connectivity index is 1.57. The molecule has 3 heterocycles. The van der Waals surface area contributed by atoms with E-state index in [4.69, 9.17) is 4.74 Å². The van der Waals surface area contributed by atoms with E-state index in [1.54, 1.807) is 6.20 Å². The zero-order chi connectivity index (χ0) is 15.5. The molecule has 2 saturated heterocycles. The monoisotopic (exact) mass is 324 g/mol. The van der Waals surface area contributed by atoms with Crippen LogP contribution in [0.4, 0.5) is 9.93 Å². The Bertz CT molecular complexity index is 486. The molecule has 1 aromatic heterocycles. The Morgan fingerprint density at radius 1 is 1.45 bits per heavy atom. The van der Waals surface area contributed by atoms with E-state index in [0.29, 0.717) is 5.13 Å². The van der Waals surface area contributed by atoms with Gasteiger partial charge in [0.2, 0.25) is 0 Å². The van der Waals surface area contributed by atoms with E-state index in [0.717, 1.165) is 39.0 Å². The van der Waals surface area contributed by atoms with Crippen molar-refractivity contribution in [2.45, 2.75) is 44.9 Å². The predicted octanol–water partition coefficient (Wildman–Crippen LogP) is 2.25. The molecule has 22 heavy (non-hydrogen) atoms. The number of carbonyl (C=O) groups is 1. The molecular formula is C15H24N4O2S. The first kappa shape index (κ1) is 15.7. The number of urea groups is 1. The molecule has 2 fully saturated rings. The highest BCUT2D eigenvalue weighted by Gasteiger charge is 2.32. The number of hydrogen-bond donors (Lipinski definition) is 1. The maximum Gasteiger partial charge on any atom is 0.323 e. The molecule has 7 heteroatoms. The minimum atomic E-state index is -0.0215. The van der Waals surface area contributed by atoms with E-state index < -0.39 is 0 Å². The lowest BCUT2D eigenvalue weighted by molar-refractivity contribution is -0.0712. The first-order valence-electron chi connectivity index (χ1n) is 7.96. The third-order valence-corrected chi connectivity index (χ3v) is 4.94. The highest BCUT2D eigenvalue weighted by Crippen LogP contribution is 2.22. The molecule has 0 saturated carbocycles. The molecule has 2 aliphatic rings. The van der Waals surface area contributed by atoms with E-state index in [1.165, 1.54) is 11.3 Å². The summed E-state index contributed by atoms with van der Waals surface area (Å²) in [6.45, 7) is 7.89. The Hall–Kier alpha value is -1.18. The largest absolute Gasteiger partial charge is 0.373 e. The Kier molecular flexibility index (Phi) is 4.95. The maximum absolute atomic E-state index is 12.4. The number of aromatic nitrogens is 1. The van der Waals surface area contributed by atoms with E-state index in [9.17, 15) is 4.79 Å². The lowest BCUT2D eigenvalue weighted by Crippen LogP contribution is -2.51. The van der Waals surface area contributed by atoms with Crippen LogP contribution in [-0.2, 0) is 4.74 Å². The number of likely N-dealkylation sites (tertiary alicyclic amines) is 1. The Morgan fingerprint density at radius 3 is 2.91 bits per heavy atom. The second kappa shape index (κ2) is 6.93. The highest BCUT2D eigenvalue weighted by molar-refractivity contribution is 7.13. The third kappa shape index (κ3) is 3.77. The zero-order valence-electron chi connectivity index (χ0n) is 13.2. The van der Waals surface area contributed by atoms with Gasteiger partial charge in [-0.15, -0.1) is 11.3 Å². The number of rotatable bonds is 3. The summed E-state index contributed by atoms with van der Waals surface area (Å²) < 4.78 is 5.78. The van der Waals surface area contributed by atoms with Gasteiger partial charge in [-0.25, -0.2) is 9.78 Å². The molecule has 0 bridgehead atoms. The van der Waals surface area contributed by atoms with Gasteiger partial charge in [0.15, 0.2) is 5.13 Å². The van der Waals surface area contributed by atoms with Crippen LogP contribution >= 0.6 is 11.3 Å². The van der Waals surface area contributed by atoms with Crippen molar-refractivity contribution in [3.8, 4) is 0 Å². The number of hydrogen-bond acceptors (Lipinski definition) is 5. The highest BCUT2D eigenvalue weighted by atomic mass is 32.1. The Morgan fingerprint density at radius 2 is 2.23 bits per heavy atom. The fraction of sp³-hybridized carbons (Fsp3) is 0.733. The van der Waals surface area contributed by atoms with E-state index in [1.807, 2.05) is 10.3 Å². The summed E-state index contributed by atoms with van der Waals surface area (Å²) in [5.74, 6) is 0. The van der Waals surface area contributed by atoms with Crippen LogP contribution in [0.3, 0.4) is 0 Å². The smallest absolute Gasteiger partial charge is 0.323 e. The molecule has 0 spiro atoms. The van der Waals surface area contributed by atoms with Gasteiger partial charge in [0.25, 0.3) is 0 Å². The van der Waals surface area contributed by atoms with E-state index in [2.05, 4.69) is 29.0 Å². The number of amides is 2. The number of nitrogens with zero attached hydrogens (tertiary/aromatic N) is 3. The van der Waals surface area contributed by atoms with Crippen LogP contribution in [0, 0.1) is 0 Å². The normalized spacial score (nSPS) is 29.7. The molecule has 0 radical (unpaired) electrons. The molecule has 1 N–H and O–H groups in total. The van der Waals surface area contributed by atoms with Gasteiger partial charge in [0.1, 0.15) is 0 Å². The van der Waals surface area contributed by atoms with E-state index >= 15 is 0 Å². The Labute approximate surface area is 135 Å². The van der Waals surface area contributed by atoms with Crippen molar-refractivity contribution in [3.05, 3.63) is 11.6 Å². The number of nitrogens with one attached hydrogen (secondary N) is 1. The minimum Gasteiger partial charge on any atom is -0.373 e. The first-order valence-corrected chi connectivity index (χ1v) is 8.84. The van der Waals surface area contributed by atoms with Crippen molar-refractivity contribution < 1.29 is 9.53 Å². The van der Waals surface area contributed by atoms with Crippen LogP contribution < -0.4 is 5.32 Å². The minimum absolute atomic E-state index is 0.0215. The summed E-state index contributed by atoms with van der Waals surface area (Å²) in [5, 5.41) is 5.44. The third-order valence-electron chi connectivity index (χ3n) is 4.25. The first-order chi connectivity index (χ1) is 10.6. The molecule has 0 unspecified atom stereocenters. The number of anilines is 1. The van der Waals surface area contributed by atoms with Crippen molar-refractivity contribution in [3.63, 3.8) is 0 Å². The van der Waals surface area contributed by atoms with Crippen molar-refractivity contribution >= 4 is 22.5 Å². The standard InChI is InChI=1S/C15H24N4O2S/c1-11-8-18(9-12(2)21-11)10-13-4-3-6-19(13)15(20)17-14-16-5-7-22-14/h5,7,11-13H,3-4,6,8-10H2,1-2H3,(H,16,17,20)/t11-,12-,13+/m1/s1. The van der Waals surface area contributed by atoms with Crippen molar-refractivity contribution in [2.24, 2.45) is 0 Å². The van der Waals surface area contributed by atoms with Crippen molar-refractivity contribution in [2.75, 3.05) is 31.5 Å². The predicted molar refractivity (Wildman–Crippen MR) is 87.3 cm³/mol. The summed E-state index contributed by atoms with van der Waals surface area (Å²) in [6, 6.07) is 0.268. The molecule has 2 aliphatic heterocycles. The average molecular weight is 324 g/mol. The van der Waals surface area contributed by atoms with Crippen LogP contribution in [0.1, 0.15) is 26.7 Å². The summed E-state index contributed by atoms with van der Waals surface area (Å²) in [5.41, 5.74) is 0. The summed E-state index contributed by atoms with van der Waals surface area (Å²) in [4.78, 5) is 20.9. The molecule has 3 atom stereocenters. The quantitative estimate of drug-likeness (QED) is 0.926. The fourth-order valence-corrected chi connectivity index (χ4v) is 3.99. The van der Waals surface area contributed by atoms with Crippen LogP contribution in [0.25, 0.3) is 0 Å². The van der Waals surface area contributed by atoms with Gasteiger partial charge in [-0.05, 0) is 26.7 Å². The molecule has 2 amide bonds. The van der Waals surface area contributed by atoms with Gasteiger partial charge in [-0.1, -0.05) is 0 Å². The van der Waals surface area contributed by atoms with Crippen molar-refractivity contribution in [1.29, 1.82) is 0 Å². The lowest BCUT2D eigenvalue weighted by atomic mass is 10.1. The van der Waals surface area contributed by atoms with Gasteiger partial charge in [0.05, 0.1) is 12.2 Å². The molecule has 1 aromatic rings. The number of carbonyl (C=O) groups excluding carboxylic acids is 1. The summed E-state index contributed by atoms with van der Waals surface area (Å²) in [7, 11) is 0. The van der Waals surface area contributed by atoms with Gasteiger partial charge in [0, 0.05) is 43.8 Å². The summed E-state index contributed by atoms with van der Waals surface area (Å²) >= 11 is 1.45. The van der Waals surface area contributed by atoms with Gasteiger partial charge < -0.3 is 9.64 Å². The zero-order valence-corrected chi connectivity index (χ0v) is 14.0. The second-order valence-electron chi connectivity index (χ2n) is 6.23. The topological polar surface area (TPSA) is 57.7 Å². The molecule has 0 aromatic carbocycles. The average Bonchev–Trinajstić information content (AvgIpc) is 3.08. The van der Waals surface area contributed by atoms with Gasteiger partial charge in [-0.2, -0.15) is 0 Å². The molecule has 0 aliphatic carbocycles. The fourth-order valence-electron chi connectivity index (χ4n) is 3.47. The van der Waals surface area contributed by atoms with Crippen LogP contribution in [0.2, 0.25) is 0 Å². The molecule has 3 rings (SSSR count). The van der Waals surface area contributed by atoms with E-state index in [-0.39, 0.29) is 24.3 Å². The van der Waals surface area contributed by atoms with Gasteiger partial charge >= 0.3 is 6.03 Å². The van der Waals surface area contributed by atoms with Crippen LogP contribution in [0.15, 0.2) is 11.6 Å². The second-order valence-corrected chi connectivity index (χ2v) is 7.13. The van der Waals surface area contributed by atoms with Crippen molar-refractivity contribution in [1.82, 2.24) is 14.8 Å². The van der Waals surface area contributed by atoms with Gasteiger partial charge in [-0.3, -0.25) is 10.2 Å². The lowest BCUT2D eigenvalue weighted by Gasteiger charge is -2.38. The molecule has 122 valence electrons. The van der Waals surface area contributed by atoms with Crippen LogP contribution in [0.5, 0.6) is 0 Å². The number of ether oxygens (including phenoxy) is 1. The number of morpholine rings is 1. The number of thiazole rings is 1. The summed E-state index contributed by atoms with van der Waals surface area (Å²) in [6.07, 6.45) is 4.39. The maximum atomic E-state index is 12.4. The SMILES string of the molecule is C[C@@H]1CN(C[C@@H]2CCCN2C(=O)Nc2nccs2)C[C@@H](C)O1. The molecule has 6 nitrogen and oxygen atoms in total. The molecular weight excluding hydrogens is 300 g/mol.